The molecule has 0 fully saturated rings. The largest absolute Gasteiger partial charge is 0.382 e. The van der Waals surface area contributed by atoms with E-state index in [0.717, 1.165) is 16.3 Å². The minimum Gasteiger partial charge on any atom is -0.373 e. The van der Waals surface area contributed by atoms with Gasteiger partial charge in [-0.05, 0) is 41.8 Å². The smallest absolute Gasteiger partial charge is 0.373 e. The van der Waals surface area contributed by atoms with Crippen molar-refractivity contribution in [2.45, 2.75) is 6.92 Å². The van der Waals surface area contributed by atoms with Crippen molar-refractivity contribution in [2.24, 2.45) is 0 Å². The van der Waals surface area contributed by atoms with E-state index in [-0.39, 0.29) is 5.75 Å². The topological polar surface area (TPSA) is 43.4 Å². The summed E-state index contributed by atoms with van der Waals surface area (Å²) in [6.45, 7) is 1.92. The molecule has 0 unspecified atom stereocenters. The zero-order valence-corrected chi connectivity index (χ0v) is 13.3. The third kappa shape index (κ3) is 3.71. The summed E-state index contributed by atoms with van der Waals surface area (Å²) in [5.74, 6) is 2.95. The van der Waals surface area contributed by atoms with Crippen LogP contribution in [0.3, 0.4) is 0 Å². The summed E-state index contributed by atoms with van der Waals surface area (Å²) >= 11 is 0. The minimum atomic E-state index is -3.98. The first kappa shape index (κ1) is 15.1. The Morgan fingerprint density at radius 2 is 1.57 bits per heavy atom. The lowest BCUT2D eigenvalue weighted by molar-refractivity contribution is 0.498. The van der Waals surface area contributed by atoms with E-state index in [1.165, 1.54) is 0 Å². The Hall–Kier alpha value is -2.77. The lowest BCUT2D eigenvalue weighted by atomic mass is 10.1. The van der Waals surface area contributed by atoms with Gasteiger partial charge in [-0.3, -0.25) is 0 Å². The van der Waals surface area contributed by atoms with E-state index in [1.807, 2.05) is 43.3 Å². The maximum Gasteiger partial charge on any atom is 0.382 e. The highest BCUT2D eigenvalue weighted by atomic mass is 32.2. The predicted octanol–water partition coefficient (Wildman–Crippen LogP) is 3.87. The molecule has 3 rings (SSSR count). The van der Waals surface area contributed by atoms with E-state index < -0.39 is 10.1 Å². The van der Waals surface area contributed by atoms with Crippen molar-refractivity contribution in [3.8, 4) is 16.9 Å². The molecule has 0 atom stereocenters. The van der Waals surface area contributed by atoms with Crippen molar-refractivity contribution < 1.29 is 12.6 Å². The van der Waals surface area contributed by atoms with Crippen molar-refractivity contribution in [1.29, 1.82) is 0 Å². The lowest BCUT2D eigenvalue weighted by Crippen LogP contribution is -2.05. The number of fused-ring (bicyclic) bond motifs is 1. The van der Waals surface area contributed by atoms with E-state index in [2.05, 4.69) is 11.2 Å². The molecule has 114 valence electrons. The molecule has 23 heavy (non-hydrogen) atoms. The first-order chi connectivity index (χ1) is 11.0. The van der Waals surface area contributed by atoms with Crippen LogP contribution in [0.25, 0.3) is 10.8 Å². The third-order valence-electron chi connectivity index (χ3n) is 3.33. The maximum absolute atomic E-state index is 12.0. The Morgan fingerprint density at radius 1 is 0.870 bits per heavy atom. The summed E-state index contributed by atoms with van der Waals surface area (Å²) < 4.78 is 29.0. The van der Waals surface area contributed by atoms with Crippen LogP contribution in [0.2, 0.25) is 0 Å². The molecule has 0 amide bonds. The second kappa shape index (κ2) is 6.15. The SMILES string of the molecule is Cc1ccc(OS(=O)(=O)C#Cc2cccc3ccccc23)cc1. The molecule has 0 aliphatic heterocycles. The second-order valence-electron chi connectivity index (χ2n) is 5.10. The highest BCUT2D eigenvalue weighted by molar-refractivity contribution is 7.91. The molecule has 0 aromatic heterocycles. The van der Waals surface area contributed by atoms with Gasteiger partial charge in [-0.1, -0.05) is 54.1 Å². The average molecular weight is 322 g/mol. The van der Waals surface area contributed by atoms with E-state index >= 15 is 0 Å². The second-order valence-corrected chi connectivity index (χ2v) is 6.38. The molecule has 0 N–H and O–H groups in total. The Kier molecular flexibility index (Phi) is 4.05. The molecule has 0 aliphatic rings. The van der Waals surface area contributed by atoms with Crippen LogP contribution < -0.4 is 4.18 Å². The van der Waals surface area contributed by atoms with Gasteiger partial charge in [0.05, 0.1) is 5.25 Å². The quantitative estimate of drug-likeness (QED) is 0.531. The summed E-state index contributed by atoms with van der Waals surface area (Å²) in [5, 5.41) is 4.15. The van der Waals surface area contributed by atoms with Gasteiger partial charge < -0.3 is 4.18 Å². The highest BCUT2D eigenvalue weighted by Crippen LogP contribution is 2.18. The van der Waals surface area contributed by atoms with Crippen LogP contribution in [0.5, 0.6) is 5.75 Å². The summed E-state index contributed by atoms with van der Waals surface area (Å²) in [5.41, 5.74) is 1.68. The monoisotopic (exact) mass is 322 g/mol. The molecule has 3 nitrogen and oxygen atoms in total. The fourth-order valence-electron chi connectivity index (χ4n) is 2.19. The molecular formula is C19H14O3S. The molecule has 3 aromatic carbocycles. The maximum atomic E-state index is 12.0. The molecule has 0 bridgehead atoms. The third-order valence-corrected chi connectivity index (χ3v) is 4.09. The number of hydrogen-bond donors (Lipinski definition) is 0. The van der Waals surface area contributed by atoms with E-state index in [1.54, 1.807) is 30.3 Å². The van der Waals surface area contributed by atoms with Crippen molar-refractivity contribution in [1.82, 2.24) is 0 Å². The molecule has 0 aliphatic carbocycles. The zero-order chi connectivity index (χ0) is 16.3. The minimum absolute atomic E-state index is 0.253. The van der Waals surface area contributed by atoms with Crippen LogP contribution in [0.15, 0.2) is 66.7 Å². The Labute approximate surface area is 135 Å². The van der Waals surface area contributed by atoms with Gasteiger partial charge in [0.2, 0.25) is 0 Å². The standard InChI is InChI=1S/C19H14O3S/c1-15-9-11-18(12-10-15)22-23(20,21)14-13-17-7-4-6-16-5-2-3-8-19(16)17/h2-12H,1H3. The van der Waals surface area contributed by atoms with Gasteiger partial charge in [0.15, 0.2) is 0 Å². The molecule has 0 saturated heterocycles. The van der Waals surface area contributed by atoms with Crippen molar-refractivity contribution >= 4 is 20.9 Å². The molecule has 0 saturated carbocycles. The zero-order valence-electron chi connectivity index (χ0n) is 12.5. The Morgan fingerprint density at radius 3 is 2.35 bits per heavy atom. The van der Waals surface area contributed by atoms with E-state index in [0.29, 0.717) is 5.56 Å². The van der Waals surface area contributed by atoms with Crippen molar-refractivity contribution in [2.75, 3.05) is 0 Å². The van der Waals surface area contributed by atoms with Crippen molar-refractivity contribution in [3.63, 3.8) is 0 Å². The predicted molar refractivity (Wildman–Crippen MR) is 91.6 cm³/mol. The number of rotatable bonds is 2. The number of aryl methyl sites for hydroxylation is 1. The number of hydrogen-bond acceptors (Lipinski definition) is 3. The van der Waals surface area contributed by atoms with Gasteiger partial charge in [0.25, 0.3) is 0 Å². The van der Waals surface area contributed by atoms with E-state index in [9.17, 15) is 8.42 Å². The van der Waals surface area contributed by atoms with Crippen LogP contribution in [0.1, 0.15) is 11.1 Å². The van der Waals surface area contributed by atoms with Crippen LogP contribution in [-0.2, 0) is 10.1 Å². The molecule has 3 aromatic rings. The van der Waals surface area contributed by atoms with Gasteiger partial charge in [0, 0.05) is 5.56 Å². The lowest BCUT2D eigenvalue weighted by Gasteiger charge is -2.02. The first-order valence-corrected chi connectivity index (χ1v) is 8.46. The van der Waals surface area contributed by atoms with Gasteiger partial charge in [-0.2, -0.15) is 8.42 Å². The van der Waals surface area contributed by atoms with Gasteiger partial charge in [0.1, 0.15) is 5.75 Å². The molecule has 0 spiro atoms. The summed E-state index contributed by atoms with van der Waals surface area (Å²) in [6, 6.07) is 20.0. The average Bonchev–Trinajstić information content (AvgIpc) is 2.55. The van der Waals surface area contributed by atoms with Crippen LogP contribution in [0, 0.1) is 18.1 Å². The van der Waals surface area contributed by atoms with Crippen LogP contribution in [0.4, 0.5) is 0 Å². The molecule has 0 radical (unpaired) electrons. The Balaban J connectivity index is 1.91. The van der Waals surface area contributed by atoms with E-state index in [4.69, 9.17) is 4.18 Å². The summed E-state index contributed by atoms with van der Waals surface area (Å²) in [6.07, 6.45) is 0. The van der Waals surface area contributed by atoms with Crippen LogP contribution >= 0.6 is 0 Å². The van der Waals surface area contributed by atoms with Gasteiger partial charge in [-0.25, -0.2) is 0 Å². The van der Waals surface area contributed by atoms with Crippen molar-refractivity contribution in [3.05, 3.63) is 77.9 Å². The first-order valence-electron chi connectivity index (χ1n) is 7.05. The molecule has 4 heteroatoms. The summed E-state index contributed by atoms with van der Waals surface area (Å²) in [7, 11) is -3.98. The normalized spacial score (nSPS) is 10.8. The highest BCUT2D eigenvalue weighted by Gasteiger charge is 2.08. The molecular weight excluding hydrogens is 308 g/mol. The number of benzene rings is 3. The summed E-state index contributed by atoms with van der Waals surface area (Å²) in [4.78, 5) is 0. The molecule has 0 heterocycles. The fourth-order valence-corrected chi connectivity index (χ4v) is 2.83. The van der Waals surface area contributed by atoms with Gasteiger partial charge in [-0.15, -0.1) is 0 Å². The Bertz CT molecular complexity index is 1000. The van der Waals surface area contributed by atoms with Crippen LogP contribution in [-0.4, -0.2) is 8.42 Å². The van der Waals surface area contributed by atoms with Gasteiger partial charge >= 0.3 is 10.1 Å². The fraction of sp³-hybridized carbons (Fsp3) is 0.0526.